The lowest BCUT2D eigenvalue weighted by Gasteiger charge is -2.25. The fraction of sp³-hybridized carbons (Fsp3) is 0.462. The Labute approximate surface area is 132 Å². The van der Waals surface area contributed by atoms with Gasteiger partial charge in [0.2, 0.25) is 10.0 Å². The van der Waals surface area contributed by atoms with Crippen molar-refractivity contribution in [2.75, 3.05) is 6.54 Å². The lowest BCUT2D eigenvalue weighted by atomic mass is 9.83. The van der Waals surface area contributed by atoms with Crippen molar-refractivity contribution >= 4 is 38.6 Å². The Morgan fingerprint density at radius 1 is 1.40 bits per heavy atom. The maximum absolute atomic E-state index is 12.1. The van der Waals surface area contributed by atoms with Gasteiger partial charge in [-0.15, -0.1) is 0 Å². The number of benzene rings is 1. The van der Waals surface area contributed by atoms with Crippen molar-refractivity contribution in [1.29, 1.82) is 0 Å². The van der Waals surface area contributed by atoms with Crippen LogP contribution in [0.25, 0.3) is 0 Å². The van der Waals surface area contributed by atoms with E-state index < -0.39 is 16.0 Å². The highest BCUT2D eigenvalue weighted by molar-refractivity contribution is 14.1. The number of nitrogens with one attached hydrogen (secondary N) is 1. The van der Waals surface area contributed by atoms with E-state index in [2.05, 4.69) is 4.72 Å². The molecular weight excluding hydrogens is 393 g/mol. The fourth-order valence-electron chi connectivity index (χ4n) is 2.10. The molecule has 0 atom stereocenters. The van der Waals surface area contributed by atoms with Crippen LogP contribution in [0.4, 0.5) is 0 Å². The Balaban J connectivity index is 2.08. The Morgan fingerprint density at radius 2 is 2.10 bits per heavy atom. The molecule has 0 amide bonds. The van der Waals surface area contributed by atoms with Crippen molar-refractivity contribution in [1.82, 2.24) is 4.72 Å². The number of halogens is 1. The van der Waals surface area contributed by atoms with Crippen molar-refractivity contribution in [3.8, 4) is 0 Å². The molecule has 110 valence electrons. The molecule has 0 heterocycles. The number of carbonyl (C=O) groups is 1. The van der Waals surface area contributed by atoms with Crippen LogP contribution in [0.2, 0.25) is 0 Å². The van der Waals surface area contributed by atoms with Crippen LogP contribution in [-0.4, -0.2) is 26.0 Å². The predicted octanol–water partition coefficient (Wildman–Crippen LogP) is 2.46. The second-order valence-corrected chi connectivity index (χ2v) is 7.86. The first kappa shape index (κ1) is 15.7. The molecule has 1 aliphatic rings. The smallest absolute Gasteiger partial charge is 0.336 e. The number of hydrogen-bond donors (Lipinski definition) is 2. The second-order valence-electron chi connectivity index (χ2n) is 4.93. The number of sulfonamides is 1. The van der Waals surface area contributed by atoms with Gasteiger partial charge in [0.05, 0.1) is 10.5 Å². The first-order valence-electron chi connectivity index (χ1n) is 6.42. The zero-order valence-corrected chi connectivity index (χ0v) is 13.8. The molecule has 0 bridgehead atoms. The molecular formula is C13H16INO4S. The minimum Gasteiger partial charge on any atom is -0.478 e. The van der Waals surface area contributed by atoms with Gasteiger partial charge in [-0.05, 0) is 53.1 Å². The van der Waals surface area contributed by atoms with Crippen molar-refractivity contribution in [2.45, 2.75) is 30.6 Å². The van der Waals surface area contributed by atoms with Gasteiger partial charge in [-0.2, -0.15) is 0 Å². The van der Waals surface area contributed by atoms with Crippen LogP contribution in [0.5, 0.6) is 0 Å². The Hall–Kier alpha value is -0.670. The zero-order valence-electron chi connectivity index (χ0n) is 10.8. The van der Waals surface area contributed by atoms with Gasteiger partial charge in [0.25, 0.3) is 0 Å². The van der Waals surface area contributed by atoms with Crippen LogP contribution in [0.1, 0.15) is 36.0 Å². The standard InChI is InChI=1S/C13H16INO4S/c14-12-5-4-10(8-11(12)13(16)17)20(18,19)15-7-6-9-2-1-3-9/h4-5,8-9,15H,1-3,6-7H2,(H,16,17). The molecule has 0 saturated heterocycles. The van der Waals surface area contributed by atoms with Crippen LogP contribution in [-0.2, 0) is 10.0 Å². The van der Waals surface area contributed by atoms with E-state index in [1.54, 1.807) is 0 Å². The number of hydrogen-bond acceptors (Lipinski definition) is 3. The van der Waals surface area contributed by atoms with Crippen molar-refractivity contribution in [3.05, 3.63) is 27.3 Å². The number of carboxylic acid groups (broad SMARTS) is 1. The average molecular weight is 409 g/mol. The fourth-order valence-corrected chi connectivity index (χ4v) is 3.74. The summed E-state index contributed by atoms with van der Waals surface area (Å²) in [7, 11) is -3.63. The van der Waals surface area contributed by atoms with E-state index in [-0.39, 0.29) is 10.5 Å². The number of aromatic carboxylic acids is 1. The largest absolute Gasteiger partial charge is 0.478 e. The average Bonchev–Trinajstić information content (AvgIpc) is 2.32. The summed E-state index contributed by atoms with van der Waals surface area (Å²) in [5.41, 5.74) is 0.00691. The molecule has 0 aliphatic heterocycles. The summed E-state index contributed by atoms with van der Waals surface area (Å²) < 4.78 is 27.3. The van der Waals surface area contributed by atoms with E-state index in [1.807, 2.05) is 22.6 Å². The summed E-state index contributed by atoms with van der Waals surface area (Å²) in [5, 5.41) is 9.02. The van der Waals surface area contributed by atoms with Gasteiger partial charge in [0.15, 0.2) is 0 Å². The summed E-state index contributed by atoms with van der Waals surface area (Å²) in [6, 6.07) is 4.14. The monoisotopic (exact) mass is 409 g/mol. The van der Waals surface area contributed by atoms with Crippen molar-refractivity contribution in [3.63, 3.8) is 0 Å². The molecule has 2 N–H and O–H groups in total. The van der Waals surface area contributed by atoms with Crippen LogP contribution < -0.4 is 4.72 Å². The molecule has 0 radical (unpaired) electrons. The van der Waals surface area contributed by atoms with Gasteiger partial charge < -0.3 is 5.11 Å². The predicted molar refractivity (Wildman–Crippen MR) is 83.3 cm³/mol. The summed E-state index contributed by atoms with van der Waals surface area (Å²) in [6.45, 7) is 0.404. The van der Waals surface area contributed by atoms with E-state index in [4.69, 9.17) is 5.11 Å². The van der Waals surface area contributed by atoms with Gasteiger partial charge >= 0.3 is 5.97 Å². The topological polar surface area (TPSA) is 83.5 Å². The number of carboxylic acids is 1. The minimum atomic E-state index is -3.63. The summed E-state index contributed by atoms with van der Waals surface area (Å²) in [6.07, 6.45) is 4.43. The van der Waals surface area contributed by atoms with Crippen LogP contribution in [0.3, 0.4) is 0 Å². The molecule has 1 aromatic carbocycles. The van der Waals surface area contributed by atoms with E-state index in [1.165, 1.54) is 37.5 Å². The molecule has 1 saturated carbocycles. The Kier molecular flexibility index (Phi) is 5.03. The highest BCUT2D eigenvalue weighted by Gasteiger charge is 2.20. The molecule has 0 spiro atoms. The van der Waals surface area contributed by atoms with E-state index in [0.29, 0.717) is 16.0 Å². The molecule has 0 aromatic heterocycles. The highest BCUT2D eigenvalue weighted by atomic mass is 127. The van der Waals surface area contributed by atoms with Crippen molar-refractivity contribution < 1.29 is 18.3 Å². The van der Waals surface area contributed by atoms with Crippen LogP contribution in [0.15, 0.2) is 23.1 Å². The highest BCUT2D eigenvalue weighted by Crippen LogP contribution is 2.29. The normalized spacial score (nSPS) is 15.8. The van der Waals surface area contributed by atoms with Crippen LogP contribution in [0, 0.1) is 9.49 Å². The maximum atomic E-state index is 12.1. The summed E-state index contributed by atoms with van der Waals surface area (Å²) >= 11 is 1.87. The van der Waals surface area contributed by atoms with Gasteiger partial charge in [-0.3, -0.25) is 0 Å². The first-order chi connectivity index (χ1) is 9.40. The van der Waals surface area contributed by atoms with Gasteiger partial charge in [0.1, 0.15) is 0 Å². The van der Waals surface area contributed by atoms with Gasteiger partial charge in [-0.25, -0.2) is 17.9 Å². The molecule has 1 aromatic rings. The third kappa shape index (κ3) is 3.70. The van der Waals surface area contributed by atoms with Gasteiger partial charge in [-0.1, -0.05) is 19.3 Å². The Morgan fingerprint density at radius 3 is 2.65 bits per heavy atom. The van der Waals surface area contributed by atoms with Gasteiger partial charge in [0, 0.05) is 10.1 Å². The molecule has 1 fully saturated rings. The maximum Gasteiger partial charge on any atom is 0.336 e. The molecule has 5 nitrogen and oxygen atoms in total. The third-order valence-corrected chi connectivity index (χ3v) is 5.95. The number of rotatable bonds is 6. The molecule has 1 aliphatic carbocycles. The molecule has 20 heavy (non-hydrogen) atoms. The zero-order chi connectivity index (χ0) is 14.8. The lowest BCUT2D eigenvalue weighted by Crippen LogP contribution is -2.27. The third-order valence-electron chi connectivity index (χ3n) is 3.55. The summed E-state index contributed by atoms with van der Waals surface area (Å²) in [5.74, 6) is -0.495. The minimum absolute atomic E-state index is 0.00363. The summed E-state index contributed by atoms with van der Waals surface area (Å²) in [4.78, 5) is 11.0. The quantitative estimate of drug-likeness (QED) is 0.708. The molecule has 0 unspecified atom stereocenters. The molecule has 2 rings (SSSR count). The lowest BCUT2D eigenvalue weighted by molar-refractivity contribution is 0.0695. The SMILES string of the molecule is O=C(O)c1cc(S(=O)(=O)NCCC2CCC2)ccc1I. The van der Waals surface area contributed by atoms with Crippen LogP contribution >= 0.6 is 22.6 Å². The van der Waals surface area contributed by atoms with E-state index in [9.17, 15) is 13.2 Å². The van der Waals surface area contributed by atoms with E-state index in [0.717, 1.165) is 6.42 Å². The van der Waals surface area contributed by atoms with E-state index >= 15 is 0 Å². The molecule has 7 heteroatoms. The van der Waals surface area contributed by atoms with Crippen molar-refractivity contribution in [2.24, 2.45) is 5.92 Å². The first-order valence-corrected chi connectivity index (χ1v) is 8.99. The Bertz CT molecular complexity index is 611. The second kappa shape index (κ2) is 6.40.